The molecule has 0 spiro atoms. The van der Waals surface area contributed by atoms with Gasteiger partial charge >= 0.3 is 5.97 Å². The van der Waals surface area contributed by atoms with Gasteiger partial charge in [-0.25, -0.2) is 0 Å². The molecule has 0 aliphatic rings. The van der Waals surface area contributed by atoms with Crippen LogP contribution < -0.4 is 15.4 Å². The molecule has 0 unspecified atom stereocenters. The Morgan fingerprint density at radius 2 is 1.79 bits per heavy atom. The van der Waals surface area contributed by atoms with E-state index in [-0.39, 0.29) is 19.1 Å². The van der Waals surface area contributed by atoms with Crippen LogP contribution in [0.2, 0.25) is 0 Å². The molecule has 7 heteroatoms. The molecular weight excluding hydrogens is 358 g/mol. The Morgan fingerprint density at radius 3 is 2.43 bits per heavy atom. The van der Waals surface area contributed by atoms with E-state index in [0.29, 0.717) is 22.7 Å². The zero-order valence-electron chi connectivity index (χ0n) is 16.1. The number of amides is 1. The highest BCUT2D eigenvalue weighted by atomic mass is 16.6. The zero-order valence-corrected chi connectivity index (χ0v) is 16.1. The zero-order chi connectivity index (χ0) is 20.6. The third-order valence-corrected chi connectivity index (χ3v) is 3.38. The first-order valence-corrected chi connectivity index (χ1v) is 8.74. The van der Waals surface area contributed by atoms with Crippen molar-refractivity contribution in [1.29, 1.82) is 5.26 Å². The van der Waals surface area contributed by atoms with Crippen molar-refractivity contribution >= 4 is 23.3 Å². The first kappa shape index (κ1) is 20.8. The quantitative estimate of drug-likeness (QED) is 0.714. The van der Waals surface area contributed by atoms with Crippen LogP contribution in [0.15, 0.2) is 48.5 Å². The Hall–Kier alpha value is -3.53. The number of nitriles is 1. The van der Waals surface area contributed by atoms with Crippen molar-refractivity contribution in [2.75, 3.05) is 23.8 Å². The summed E-state index contributed by atoms with van der Waals surface area (Å²) >= 11 is 0. The van der Waals surface area contributed by atoms with E-state index in [9.17, 15) is 9.59 Å². The van der Waals surface area contributed by atoms with E-state index in [1.54, 1.807) is 45.0 Å². The van der Waals surface area contributed by atoms with Crippen LogP contribution in [0.25, 0.3) is 0 Å². The van der Waals surface area contributed by atoms with Crippen molar-refractivity contribution < 1.29 is 19.1 Å². The summed E-state index contributed by atoms with van der Waals surface area (Å²) in [5.41, 5.74) is 0.666. The molecule has 1 amide bonds. The lowest BCUT2D eigenvalue weighted by Crippen LogP contribution is -2.28. The fourth-order valence-electron chi connectivity index (χ4n) is 2.27. The first-order valence-electron chi connectivity index (χ1n) is 8.74. The number of rotatable bonds is 7. The minimum Gasteiger partial charge on any atom is -0.484 e. The van der Waals surface area contributed by atoms with E-state index in [1.807, 2.05) is 24.3 Å². The van der Waals surface area contributed by atoms with Gasteiger partial charge in [0.25, 0.3) is 5.91 Å². The van der Waals surface area contributed by atoms with E-state index in [2.05, 4.69) is 10.6 Å². The summed E-state index contributed by atoms with van der Waals surface area (Å²) in [4.78, 5) is 24.1. The lowest BCUT2D eigenvalue weighted by Gasteiger charge is -2.20. The van der Waals surface area contributed by atoms with Gasteiger partial charge in [-0.1, -0.05) is 18.2 Å². The van der Waals surface area contributed by atoms with E-state index < -0.39 is 11.6 Å². The third-order valence-electron chi connectivity index (χ3n) is 3.38. The molecule has 0 atom stereocenters. The smallest absolute Gasteiger partial charge is 0.325 e. The monoisotopic (exact) mass is 381 g/mol. The number of anilines is 2. The third kappa shape index (κ3) is 7.00. The molecule has 0 aromatic heterocycles. The van der Waals surface area contributed by atoms with Crippen LogP contribution in [-0.2, 0) is 14.3 Å². The predicted octanol–water partition coefficient (Wildman–Crippen LogP) is 3.33. The number of carbonyl (C=O) groups is 2. The highest BCUT2D eigenvalue weighted by Crippen LogP contribution is 2.23. The fraction of sp³-hybridized carbons (Fsp3) is 0.286. The van der Waals surface area contributed by atoms with Gasteiger partial charge in [0.2, 0.25) is 0 Å². The molecule has 0 saturated heterocycles. The summed E-state index contributed by atoms with van der Waals surface area (Å²) in [6.45, 7) is 5.08. The van der Waals surface area contributed by atoms with Gasteiger partial charge in [0.05, 0.1) is 23.0 Å². The maximum atomic E-state index is 12.2. The molecular formula is C21H23N3O4. The highest BCUT2D eigenvalue weighted by Gasteiger charge is 2.17. The number of hydrogen-bond donors (Lipinski definition) is 2. The van der Waals surface area contributed by atoms with Crippen LogP contribution >= 0.6 is 0 Å². The van der Waals surface area contributed by atoms with Gasteiger partial charge in [-0.15, -0.1) is 0 Å². The average molecular weight is 381 g/mol. The second-order valence-electron chi connectivity index (χ2n) is 6.96. The maximum absolute atomic E-state index is 12.2. The highest BCUT2D eigenvalue weighted by molar-refractivity contribution is 5.95. The molecule has 2 rings (SSSR count). The van der Waals surface area contributed by atoms with E-state index in [4.69, 9.17) is 14.7 Å². The van der Waals surface area contributed by atoms with Crippen LogP contribution in [0.3, 0.4) is 0 Å². The van der Waals surface area contributed by atoms with Gasteiger partial charge in [-0.3, -0.25) is 9.59 Å². The van der Waals surface area contributed by atoms with Gasteiger partial charge in [0.1, 0.15) is 17.9 Å². The second-order valence-corrected chi connectivity index (χ2v) is 6.96. The van der Waals surface area contributed by atoms with Gasteiger partial charge in [0.15, 0.2) is 6.61 Å². The summed E-state index contributed by atoms with van der Waals surface area (Å²) in [5.74, 6) is -0.243. The lowest BCUT2D eigenvalue weighted by atomic mass is 10.2. The van der Waals surface area contributed by atoms with Gasteiger partial charge in [-0.2, -0.15) is 5.26 Å². The molecule has 0 aliphatic heterocycles. The molecule has 0 aliphatic carbocycles. The Morgan fingerprint density at radius 1 is 1.07 bits per heavy atom. The van der Waals surface area contributed by atoms with Crippen molar-refractivity contribution in [3.63, 3.8) is 0 Å². The van der Waals surface area contributed by atoms with Crippen molar-refractivity contribution in [3.05, 3.63) is 54.1 Å². The Kier molecular flexibility index (Phi) is 6.99. The number of nitrogens with one attached hydrogen (secondary N) is 2. The van der Waals surface area contributed by atoms with Crippen LogP contribution in [0, 0.1) is 11.3 Å². The van der Waals surface area contributed by atoms with Crippen molar-refractivity contribution in [2.45, 2.75) is 26.4 Å². The van der Waals surface area contributed by atoms with Crippen molar-refractivity contribution in [3.8, 4) is 11.8 Å². The predicted molar refractivity (Wildman–Crippen MR) is 106 cm³/mol. The minimum absolute atomic E-state index is 0.0768. The number of para-hydroxylation sites is 1. The largest absolute Gasteiger partial charge is 0.484 e. The molecule has 0 fully saturated rings. The molecule has 7 nitrogen and oxygen atoms in total. The number of ether oxygens (including phenoxy) is 2. The Labute approximate surface area is 164 Å². The Balaban J connectivity index is 2.02. The Bertz CT molecular complexity index is 867. The van der Waals surface area contributed by atoms with Gasteiger partial charge in [0, 0.05) is 0 Å². The van der Waals surface area contributed by atoms with Crippen LogP contribution in [0.1, 0.15) is 26.3 Å². The summed E-state index contributed by atoms with van der Waals surface area (Å²) in [6, 6.07) is 15.7. The van der Waals surface area contributed by atoms with Crippen LogP contribution in [0.4, 0.5) is 11.4 Å². The molecule has 0 saturated carbocycles. The molecule has 2 aromatic rings. The fourth-order valence-corrected chi connectivity index (χ4v) is 2.27. The molecule has 2 N–H and O–H groups in total. The molecule has 0 bridgehead atoms. The normalized spacial score (nSPS) is 10.5. The lowest BCUT2D eigenvalue weighted by molar-refractivity contribution is -0.152. The molecule has 2 aromatic carbocycles. The summed E-state index contributed by atoms with van der Waals surface area (Å²) < 4.78 is 10.7. The standard InChI is InChI=1S/C21H23N3O4/c1-21(2,3)28-20(26)13-23-17-10-9-15(12-22)11-18(17)24-19(25)14-27-16-7-5-4-6-8-16/h4-11,23H,13-14H2,1-3H3,(H,24,25). The van der Waals surface area contributed by atoms with Crippen LogP contribution in [0.5, 0.6) is 5.75 Å². The minimum atomic E-state index is -0.588. The number of esters is 1. The maximum Gasteiger partial charge on any atom is 0.325 e. The van der Waals surface area contributed by atoms with Crippen molar-refractivity contribution in [1.82, 2.24) is 0 Å². The number of benzene rings is 2. The van der Waals surface area contributed by atoms with Crippen molar-refractivity contribution in [2.24, 2.45) is 0 Å². The SMILES string of the molecule is CC(C)(C)OC(=O)CNc1ccc(C#N)cc1NC(=O)COc1ccccc1. The van der Waals surface area contributed by atoms with Gasteiger partial charge < -0.3 is 20.1 Å². The molecule has 0 heterocycles. The molecule has 28 heavy (non-hydrogen) atoms. The van der Waals surface area contributed by atoms with E-state index in [0.717, 1.165) is 0 Å². The summed E-state index contributed by atoms with van der Waals surface area (Å²) in [6.07, 6.45) is 0. The summed E-state index contributed by atoms with van der Waals surface area (Å²) in [5, 5.41) is 14.7. The molecule has 0 radical (unpaired) electrons. The number of hydrogen-bond acceptors (Lipinski definition) is 6. The summed E-state index contributed by atoms with van der Waals surface area (Å²) in [7, 11) is 0. The molecule has 146 valence electrons. The average Bonchev–Trinajstić information content (AvgIpc) is 2.64. The van der Waals surface area contributed by atoms with E-state index in [1.165, 1.54) is 6.07 Å². The topological polar surface area (TPSA) is 100 Å². The number of nitrogens with zero attached hydrogens (tertiary/aromatic N) is 1. The first-order chi connectivity index (χ1) is 13.3. The van der Waals surface area contributed by atoms with E-state index >= 15 is 0 Å². The van der Waals surface area contributed by atoms with Crippen LogP contribution in [-0.4, -0.2) is 30.6 Å². The second kappa shape index (κ2) is 9.42. The van der Waals surface area contributed by atoms with Gasteiger partial charge in [-0.05, 0) is 51.1 Å². The number of carbonyl (C=O) groups excluding carboxylic acids is 2.